The molecule has 4 bridgehead atoms. The van der Waals surface area contributed by atoms with Crippen LogP contribution in [0, 0.1) is 34.3 Å². The lowest BCUT2D eigenvalue weighted by Crippen LogP contribution is -2.57. The lowest BCUT2D eigenvalue weighted by molar-refractivity contribution is -0.389. The van der Waals surface area contributed by atoms with Gasteiger partial charge in [0.25, 0.3) is 0 Å². The molecule has 4 fully saturated rings. The van der Waals surface area contributed by atoms with Crippen LogP contribution in [0.25, 0.3) is 0 Å². The van der Waals surface area contributed by atoms with Gasteiger partial charge in [0.05, 0.1) is 16.3 Å². The third-order valence-electron chi connectivity index (χ3n) is 7.32. The van der Waals surface area contributed by atoms with Crippen molar-refractivity contribution in [3.63, 3.8) is 0 Å². The number of carbonyl (C=O) groups is 1. The van der Waals surface area contributed by atoms with Crippen LogP contribution in [0.1, 0.15) is 50.6 Å². The highest BCUT2D eigenvalue weighted by Crippen LogP contribution is 2.65. The van der Waals surface area contributed by atoms with Gasteiger partial charge in [0, 0.05) is 25.7 Å². The number of hydrogen-bond acceptors (Lipinski definition) is 5. The first kappa shape index (κ1) is 19.5. The number of anilines is 1. The minimum atomic E-state index is -0.511. The highest BCUT2D eigenvalue weighted by molar-refractivity contribution is 6.33. The van der Waals surface area contributed by atoms with E-state index in [2.05, 4.69) is 15.5 Å². The predicted octanol–water partition coefficient (Wildman–Crippen LogP) is 3.81. The Labute approximate surface area is 178 Å². The third kappa shape index (κ3) is 3.02. The molecule has 0 aromatic carbocycles. The zero-order valence-corrected chi connectivity index (χ0v) is 17.9. The minimum absolute atomic E-state index is 0.0213. The summed E-state index contributed by atoms with van der Waals surface area (Å²) in [6.45, 7) is 1.81. The maximum Gasteiger partial charge on any atom is 0.408 e. The van der Waals surface area contributed by atoms with E-state index < -0.39 is 4.92 Å². The van der Waals surface area contributed by atoms with Crippen LogP contribution >= 0.6 is 11.6 Å². The quantitative estimate of drug-likeness (QED) is 0.570. The fraction of sp³-hybridized carbons (Fsp3) is 0.650. The van der Waals surface area contributed by atoms with E-state index in [4.69, 9.17) is 11.6 Å². The summed E-state index contributed by atoms with van der Waals surface area (Å²) in [5.74, 6) is 1.29. The van der Waals surface area contributed by atoms with Crippen molar-refractivity contribution in [2.75, 3.05) is 5.32 Å². The zero-order valence-electron chi connectivity index (χ0n) is 17.1. The van der Waals surface area contributed by atoms with Crippen LogP contribution in [0.2, 0.25) is 5.02 Å². The second kappa shape index (κ2) is 6.54. The summed E-state index contributed by atoms with van der Waals surface area (Å²) in [7, 11) is 1.81. The van der Waals surface area contributed by atoms with Gasteiger partial charge in [-0.1, -0.05) is 11.6 Å². The molecule has 2 heterocycles. The maximum atomic E-state index is 12.9. The SMILES string of the molecule is Cc1c(Cl)c([N+](=O)[O-])nn1C12CC3CC(CC(CC(=O)Nc4ccn(C)n4)(C3)C1)C2. The number of hydrogen-bond donors (Lipinski definition) is 1. The van der Waals surface area contributed by atoms with Gasteiger partial charge >= 0.3 is 5.82 Å². The van der Waals surface area contributed by atoms with Crippen LogP contribution in [-0.2, 0) is 17.4 Å². The number of rotatable bonds is 5. The molecule has 2 unspecified atom stereocenters. The molecule has 2 atom stereocenters. The van der Waals surface area contributed by atoms with Crippen molar-refractivity contribution in [3.8, 4) is 0 Å². The monoisotopic (exact) mass is 432 g/mol. The van der Waals surface area contributed by atoms with E-state index in [1.807, 2.05) is 11.7 Å². The highest BCUT2D eigenvalue weighted by atomic mass is 35.5. The topological polar surface area (TPSA) is 108 Å². The van der Waals surface area contributed by atoms with E-state index in [-0.39, 0.29) is 27.7 Å². The van der Waals surface area contributed by atoms with Crippen molar-refractivity contribution < 1.29 is 9.72 Å². The molecule has 4 aliphatic rings. The molecule has 0 aliphatic heterocycles. The number of amides is 1. The summed E-state index contributed by atoms with van der Waals surface area (Å²) in [5, 5.41) is 23.0. The van der Waals surface area contributed by atoms with E-state index >= 15 is 0 Å². The van der Waals surface area contributed by atoms with Crippen molar-refractivity contribution in [1.29, 1.82) is 0 Å². The van der Waals surface area contributed by atoms with E-state index in [1.165, 1.54) is 6.42 Å². The van der Waals surface area contributed by atoms with Crippen LogP contribution < -0.4 is 5.32 Å². The Balaban J connectivity index is 1.44. The number of nitrogens with one attached hydrogen (secondary N) is 1. The first-order valence-corrected chi connectivity index (χ1v) is 10.8. The molecule has 4 saturated carbocycles. The Kier molecular flexibility index (Phi) is 4.26. The van der Waals surface area contributed by atoms with Gasteiger partial charge in [0.15, 0.2) is 10.8 Å². The second-order valence-electron chi connectivity index (χ2n) is 9.68. The maximum absolute atomic E-state index is 12.9. The van der Waals surface area contributed by atoms with Gasteiger partial charge in [-0.3, -0.25) is 9.48 Å². The summed E-state index contributed by atoms with van der Waals surface area (Å²) in [4.78, 5) is 23.7. The molecule has 9 nitrogen and oxygen atoms in total. The van der Waals surface area contributed by atoms with Gasteiger partial charge in [-0.15, -0.1) is 0 Å². The molecular weight excluding hydrogens is 408 g/mol. The Hall–Kier alpha value is -2.42. The van der Waals surface area contributed by atoms with Gasteiger partial charge in [-0.2, -0.15) is 9.78 Å². The molecule has 160 valence electrons. The van der Waals surface area contributed by atoms with Gasteiger partial charge in [-0.05, 0) is 67.6 Å². The molecule has 10 heteroatoms. The molecule has 2 aromatic heterocycles. The number of nitrogens with zero attached hydrogens (tertiary/aromatic N) is 5. The Morgan fingerprint density at radius 3 is 2.60 bits per heavy atom. The normalized spacial score (nSPS) is 31.8. The Bertz CT molecular complexity index is 1030. The smallest absolute Gasteiger partial charge is 0.358 e. The van der Waals surface area contributed by atoms with E-state index in [9.17, 15) is 14.9 Å². The Morgan fingerprint density at radius 2 is 2.03 bits per heavy atom. The first-order valence-electron chi connectivity index (χ1n) is 10.4. The largest absolute Gasteiger partial charge is 0.408 e. The van der Waals surface area contributed by atoms with E-state index in [1.54, 1.807) is 23.9 Å². The number of halogens is 1. The summed E-state index contributed by atoms with van der Waals surface area (Å²) in [6, 6.07) is 1.79. The summed E-state index contributed by atoms with van der Waals surface area (Å²) < 4.78 is 3.49. The van der Waals surface area contributed by atoms with Gasteiger partial charge < -0.3 is 15.4 Å². The van der Waals surface area contributed by atoms with E-state index in [0.717, 1.165) is 32.1 Å². The highest BCUT2D eigenvalue weighted by Gasteiger charge is 2.60. The first-order chi connectivity index (χ1) is 14.2. The number of nitro groups is 1. The van der Waals surface area contributed by atoms with Crippen LogP contribution in [0.5, 0.6) is 0 Å². The van der Waals surface area contributed by atoms with Crippen molar-refractivity contribution >= 4 is 29.1 Å². The third-order valence-corrected chi connectivity index (χ3v) is 7.76. The lowest BCUT2D eigenvalue weighted by atomic mass is 9.46. The average molecular weight is 433 g/mol. The zero-order chi connectivity index (χ0) is 21.3. The number of aromatic nitrogens is 4. The number of aryl methyl sites for hydroxylation is 1. The molecule has 0 saturated heterocycles. The second-order valence-corrected chi connectivity index (χ2v) is 10.1. The molecule has 2 aromatic rings. The standard InChI is InChI=1S/C20H25ClN6O3/c1-12-17(21)18(27(29)30)24-26(12)20-8-13-5-14(9-20)7-19(6-13,11-20)10-16(28)22-15-3-4-25(2)23-15/h3-4,13-14H,5-11H2,1-2H3,(H,22,23,28). The molecule has 1 amide bonds. The van der Waals surface area contributed by atoms with Gasteiger partial charge in [0.2, 0.25) is 5.91 Å². The molecule has 4 aliphatic carbocycles. The molecule has 30 heavy (non-hydrogen) atoms. The fourth-order valence-electron chi connectivity index (χ4n) is 6.91. The lowest BCUT2D eigenvalue weighted by Gasteiger charge is -2.61. The van der Waals surface area contributed by atoms with Crippen molar-refractivity contribution in [2.24, 2.45) is 24.3 Å². The molecule has 6 rings (SSSR count). The van der Waals surface area contributed by atoms with Crippen molar-refractivity contribution in [1.82, 2.24) is 19.6 Å². The van der Waals surface area contributed by atoms with Crippen LogP contribution in [-0.4, -0.2) is 30.4 Å². The van der Waals surface area contributed by atoms with Crippen LogP contribution in [0.3, 0.4) is 0 Å². The molecular formula is C20H25ClN6O3. The molecule has 1 N–H and O–H groups in total. The Morgan fingerprint density at radius 1 is 1.33 bits per heavy atom. The van der Waals surface area contributed by atoms with Gasteiger partial charge in [0.1, 0.15) is 0 Å². The number of carbonyl (C=O) groups excluding carboxylic acids is 1. The fourth-order valence-corrected chi connectivity index (χ4v) is 7.10. The molecule has 0 radical (unpaired) electrons. The predicted molar refractivity (Wildman–Crippen MR) is 110 cm³/mol. The average Bonchev–Trinajstić information content (AvgIpc) is 3.17. The van der Waals surface area contributed by atoms with Crippen LogP contribution in [0.15, 0.2) is 12.3 Å². The summed E-state index contributed by atoms with van der Waals surface area (Å²) >= 11 is 6.26. The molecule has 0 spiro atoms. The summed E-state index contributed by atoms with van der Waals surface area (Å²) in [5.41, 5.74) is 0.248. The summed E-state index contributed by atoms with van der Waals surface area (Å²) in [6.07, 6.45) is 8.15. The van der Waals surface area contributed by atoms with Crippen LogP contribution in [0.4, 0.5) is 11.6 Å². The van der Waals surface area contributed by atoms with Crippen molar-refractivity contribution in [2.45, 2.75) is 57.4 Å². The van der Waals surface area contributed by atoms with Crippen molar-refractivity contribution in [3.05, 3.63) is 33.1 Å². The van der Waals surface area contributed by atoms with E-state index in [0.29, 0.717) is 29.8 Å². The minimum Gasteiger partial charge on any atom is -0.358 e. The van der Waals surface area contributed by atoms with Gasteiger partial charge in [-0.25, -0.2) is 0 Å².